The minimum atomic E-state index is 0.453. The van der Waals surface area contributed by atoms with E-state index < -0.39 is 0 Å². The Bertz CT molecular complexity index is 338. The number of aryl methyl sites for hydroxylation is 2. The van der Waals surface area contributed by atoms with E-state index in [2.05, 4.69) is 23.6 Å². The Morgan fingerprint density at radius 1 is 1.56 bits per heavy atom. The van der Waals surface area contributed by atoms with Crippen LogP contribution in [0.3, 0.4) is 0 Å². The van der Waals surface area contributed by atoms with E-state index in [0.29, 0.717) is 6.04 Å². The van der Waals surface area contributed by atoms with Gasteiger partial charge in [-0.05, 0) is 27.2 Å². The van der Waals surface area contributed by atoms with E-state index in [1.54, 1.807) is 0 Å². The summed E-state index contributed by atoms with van der Waals surface area (Å²) in [4.78, 5) is 0. The van der Waals surface area contributed by atoms with Crippen molar-refractivity contribution in [1.82, 2.24) is 15.1 Å². The van der Waals surface area contributed by atoms with Gasteiger partial charge in [-0.1, -0.05) is 11.6 Å². The van der Waals surface area contributed by atoms with Gasteiger partial charge in [0.1, 0.15) is 0 Å². The van der Waals surface area contributed by atoms with Crippen LogP contribution < -0.4 is 5.32 Å². The summed E-state index contributed by atoms with van der Waals surface area (Å²) in [6, 6.07) is 0.453. The van der Waals surface area contributed by atoms with Crippen LogP contribution in [-0.4, -0.2) is 34.9 Å². The zero-order valence-electron chi connectivity index (χ0n) is 10.4. The van der Waals surface area contributed by atoms with Gasteiger partial charge in [-0.25, -0.2) is 0 Å². The molecule has 1 N–H and O–H groups in total. The molecule has 0 radical (unpaired) electrons. The highest BCUT2D eigenvalue weighted by atomic mass is 35.5. The Morgan fingerprint density at radius 3 is 2.75 bits per heavy atom. The monoisotopic (exact) mass is 261 g/mol. The first kappa shape index (κ1) is 13.9. The van der Waals surface area contributed by atoms with Crippen molar-refractivity contribution in [3.8, 4) is 0 Å². The van der Waals surface area contributed by atoms with Gasteiger partial charge in [0, 0.05) is 24.8 Å². The van der Waals surface area contributed by atoms with Gasteiger partial charge < -0.3 is 5.32 Å². The van der Waals surface area contributed by atoms with E-state index in [4.69, 9.17) is 11.6 Å². The highest BCUT2D eigenvalue weighted by Gasteiger charge is 2.16. The average Bonchev–Trinajstić information content (AvgIpc) is 2.55. The third-order valence-electron chi connectivity index (χ3n) is 2.67. The zero-order valence-corrected chi connectivity index (χ0v) is 12.0. The molecule has 0 aliphatic carbocycles. The molecule has 0 spiro atoms. The zero-order chi connectivity index (χ0) is 12.1. The van der Waals surface area contributed by atoms with Crippen LogP contribution in [0.15, 0.2) is 0 Å². The second-order valence-corrected chi connectivity index (χ2v) is 5.10. The lowest BCUT2D eigenvalue weighted by atomic mass is 10.1. The van der Waals surface area contributed by atoms with Crippen molar-refractivity contribution in [2.75, 3.05) is 19.1 Å². The van der Waals surface area contributed by atoms with E-state index in [-0.39, 0.29) is 0 Å². The largest absolute Gasteiger partial charge is 0.316 e. The maximum absolute atomic E-state index is 6.28. The van der Waals surface area contributed by atoms with Crippen molar-refractivity contribution in [2.45, 2.75) is 32.9 Å². The highest BCUT2D eigenvalue weighted by Crippen LogP contribution is 2.22. The molecule has 1 rings (SSSR count). The topological polar surface area (TPSA) is 29.9 Å². The van der Waals surface area contributed by atoms with Gasteiger partial charge in [-0.2, -0.15) is 16.9 Å². The van der Waals surface area contributed by atoms with E-state index >= 15 is 0 Å². The van der Waals surface area contributed by atoms with Crippen molar-refractivity contribution in [2.24, 2.45) is 0 Å². The van der Waals surface area contributed by atoms with Crippen molar-refractivity contribution >= 4 is 23.4 Å². The summed E-state index contributed by atoms with van der Waals surface area (Å²) in [6.07, 6.45) is 3.05. The minimum absolute atomic E-state index is 0.453. The lowest BCUT2D eigenvalue weighted by Crippen LogP contribution is -2.31. The number of rotatable bonds is 6. The molecule has 16 heavy (non-hydrogen) atoms. The molecular weight excluding hydrogens is 242 g/mol. The van der Waals surface area contributed by atoms with Gasteiger partial charge in [0.05, 0.1) is 16.4 Å². The maximum atomic E-state index is 6.28. The first-order valence-corrected chi connectivity index (χ1v) is 7.29. The first-order valence-electron chi connectivity index (χ1n) is 5.52. The number of aromatic nitrogens is 2. The van der Waals surface area contributed by atoms with E-state index in [1.807, 2.05) is 30.4 Å². The van der Waals surface area contributed by atoms with Crippen molar-refractivity contribution < 1.29 is 0 Å². The number of thioether (sulfide) groups is 1. The predicted octanol–water partition coefficient (Wildman–Crippen LogP) is 2.36. The Balaban J connectivity index is 2.85. The van der Waals surface area contributed by atoms with Crippen LogP contribution in [0.1, 0.15) is 18.3 Å². The van der Waals surface area contributed by atoms with Crippen molar-refractivity contribution in [1.29, 1.82) is 0 Å². The molecule has 0 fully saturated rings. The summed E-state index contributed by atoms with van der Waals surface area (Å²) in [5.41, 5.74) is 2.08. The Labute approximate surface area is 107 Å². The summed E-state index contributed by atoms with van der Waals surface area (Å²) in [5.74, 6) is 1.08. The fourth-order valence-electron chi connectivity index (χ4n) is 1.74. The third kappa shape index (κ3) is 3.15. The third-order valence-corrected chi connectivity index (χ3v) is 3.90. The summed E-state index contributed by atoms with van der Waals surface area (Å²) >= 11 is 8.12. The molecule has 0 saturated heterocycles. The van der Waals surface area contributed by atoms with Crippen LogP contribution >= 0.6 is 23.4 Å². The summed E-state index contributed by atoms with van der Waals surface area (Å²) in [7, 11) is 1.99. The van der Waals surface area contributed by atoms with Crippen LogP contribution in [0.4, 0.5) is 0 Å². The summed E-state index contributed by atoms with van der Waals surface area (Å²) < 4.78 is 2.00. The van der Waals surface area contributed by atoms with E-state index in [0.717, 1.165) is 35.1 Å². The standard InChI is InChI=1S/C11H20ClN3S/c1-5-15-10(11(12)8(2)14-15)6-9(13-3)7-16-4/h9,13H,5-7H2,1-4H3. The number of hydrogen-bond donors (Lipinski definition) is 1. The summed E-state index contributed by atoms with van der Waals surface area (Å²) in [6.45, 7) is 4.93. The van der Waals surface area contributed by atoms with Gasteiger partial charge in [0.15, 0.2) is 0 Å². The Hall–Kier alpha value is -0.190. The van der Waals surface area contributed by atoms with Crippen LogP contribution in [0.2, 0.25) is 5.02 Å². The number of halogens is 1. The average molecular weight is 262 g/mol. The van der Waals surface area contributed by atoms with Crippen LogP contribution in [0, 0.1) is 6.92 Å². The molecule has 1 aromatic heterocycles. The van der Waals surface area contributed by atoms with Crippen LogP contribution in [0.25, 0.3) is 0 Å². The first-order chi connectivity index (χ1) is 7.63. The second kappa shape index (κ2) is 6.52. The molecule has 92 valence electrons. The van der Waals surface area contributed by atoms with Gasteiger partial charge >= 0.3 is 0 Å². The molecule has 1 atom stereocenters. The van der Waals surface area contributed by atoms with Crippen LogP contribution in [0.5, 0.6) is 0 Å². The second-order valence-electron chi connectivity index (χ2n) is 3.81. The molecule has 0 aliphatic heterocycles. The molecule has 0 bridgehead atoms. The molecular formula is C11H20ClN3S. The lowest BCUT2D eigenvalue weighted by molar-refractivity contribution is 0.556. The number of hydrogen-bond acceptors (Lipinski definition) is 3. The fraction of sp³-hybridized carbons (Fsp3) is 0.727. The molecule has 0 aliphatic rings. The van der Waals surface area contributed by atoms with E-state index in [1.165, 1.54) is 0 Å². The van der Waals surface area contributed by atoms with Gasteiger partial charge in [0.25, 0.3) is 0 Å². The highest BCUT2D eigenvalue weighted by molar-refractivity contribution is 7.98. The smallest absolute Gasteiger partial charge is 0.0847 e. The number of nitrogens with one attached hydrogen (secondary N) is 1. The Morgan fingerprint density at radius 2 is 2.25 bits per heavy atom. The van der Waals surface area contributed by atoms with E-state index in [9.17, 15) is 0 Å². The van der Waals surface area contributed by atoms with Gasteiger partial charge in [-0.3, -0.25) is 4.68 Å². The van der Waals surface area contributed by atoms with Crippen molar-refractivity contribution in [3.63, 3.8) is 0 Å². The Kier molecular flexibility index (Phi) is 5.66. The predicted molar refractivity (Wildman–Crippen MR) is 72.6 cm³/mol. The number of likely N-dealkylation sites (N-methyl/N-ethyl adjacent to an activating group) is 1. The normalized spacial score (nSPS) is 13.1. The maximum Gasteiger partial charge on any atom is 0.0847 e. The number of nitrogens with zero attached hydrogens (tertiary/aromatic N) is 2. The quantitative estimate of drug-likeness (QED) is 0.853. The SMILES string of the molecule is CCn1nc(C)c(Cl)c1CC(CSC)NC. The van der Waals surface area contributed by atoms with Gasteiger partial charge in [-0.15, -0.1) is 0 Å². The lowest BCUT2D eigenvalue weighted by Gasteiger charge is -2.15. The molecule has 1 heterocycles. The molecule has 0 amide bonds. The molecule has 0 saturated carbocycles. The molecule has 5 heteroatoms. The fourth-order valence-corrected chi connectivity index (χ4v) is 2.64. The molecule has 1 unspecified atom stereocenters. The van der Waals surface area contributed by atoms with Crippen molar-refractivity contribution in [3.05, 3.63) is 16.4 Å². The minimum Gasteiger partial charge on any atom is -0.316 e. The molecule has 1 aromatic rings. The summed E-state index contributed by atoms with van der Waals surface area (Å²) in [5, 5.41) is 8.57. The molecule has 0 aromatic carbocycles. The van der Waals surface area contributed by atoms with Gasteiger partial charge in [0.2, 0.25) is 0 Å². The molecule has 3 nitrogen and oxygen atoms in total. The van der Waals surface area contributed by atoms with Crippen LogP contribution in [-0.2, 0) is 13.0 Å².